The summed E-state index contributed by atoms with van der Waals surface area (Å²) in [4.78, 5) is 0. The van der Waals surface area contributed by atoms with Gasteiger partial charge < -0.3 is 5.32 Å². The normalized spacial score (nSPS) is 18.5. The average molecular weight is 224 g/mol. The Morgan fingerprint density at radius 1 is 1.33 bits per heavy atom. The number of halogens is 1. The summed E-state index contributed by atoms with van der Waals surface area (Å²) in [6, 6.07) is 8.54. The van der Waals surface area contributed by atoms with Gasteiger partial charge in [-0.2, -0.15) is 0 Å². The predicted molar refractivity (Wildman–Crippen MR) is 65.2 cm³/mol. The molecule has 1 aromatic rings. The molecule has 1 aliphatic carbocycles. The van der Waals surface area contributed by atoms with Gasteiger partial charge in [0.25, 0.3) is 0 Å². The summed E-state index contributed by atoms with van der Waals surface area (Å²) in [5.41, 5.74) is 1.32. The first-order valence-corrected chi connectivity index (χ1v) is 6.12. The van der Waals surface area contributed by atoms with Crippen LogP contribution in [0.15, 0.2) is 24.3 Å². The van der Waals surface area contributed by atoms with Crippen LogP contribution in [0.1, 0.15) is 37.8 Å². The van der Waals surface area contributed by atoms with Crippen molar-refractivity contribution in [2.75, 3.05) is 6.54 Å². The van der Waals surface area contributed by atoms with E-state index in [4.69, 9.17) is 11.6 Å². The van der Waals surface area contributed by atoms with E-state index in [0.29, 0.717) is 6.04 Å². The van der Waals surface area contributed by atoms with Crippen LogP contribution in [0, 0.1) is 5.92 Å². The van der Waals surface area contributed by atoms with Crippen LogP contribution in [0.5, 0.6) is 0 Å². The van der Waals surface area contributed by atoms with Crippen LogP contribution in [-0.4, -0.2) is 6.54 Å². The van der Waals surface area contributed by atoms with Crippen LogP contribution in [0.3, 0.4) is 0 Å². The number of rotatable bonds is 4. The van der Waals surface area contributed by atoms with Crippen molar-refractivity contribution >= 4 is 11.6 Å². The zero-order valence-electron chi connectivity index (χ0n) is 9.17. The minimum absolute atomic E-state index is 0.433. The van der Waals surface area contributed by atoms with E-state index in [0.717, 1.165) is 17.5 Å². The molecular formula is C13H18ClN. The highest BCUT2D eigenvalue weighted by molar-refractivity contribution is 6.30. The van der Waals surface area contributed by atoms with E-state index in [1.54, 1.807) is 0 Å². The third-order valence-electron chi connectivity index (χ3n) is 3.31. The van der Waals surface area contributed by atoms with Gasteiger partial charge in [0.2, 0.25) is 0 Å². The van der Waals surface area contributed by atoms with Gasteiger partial charge in [-0.25, -0.2) is 0 Å². The van der Waals surface area contributed by atoms with E-state index < -0.39 is 0 Å². The van der Waals surface area contributed by atoms with Gasteiger partial charge in [-0.3, -0.25) is 0 Å². The van der Waals surface area contributed by atoms with E-state index in [-0.39, 0.29) is 0 Å². The maximum Gasteiger partial charge on any atom is 0.0406 e. The standard InChI is InChI=1S/C13H18ClN/c1-10(15-9-11-3-2-4-11)12-5-7-13(14)8-6-12/h5-8,10-11,15H,2-4,9H2,1H3. The molecule has 1 unspecified atom stereocenters. The maximum absolute atomic E-state index is 5.86. The van der Waals surface area contributed by atoms with Gasteiger partial charge in [0.1, 0.15) is 0 Å². The second-order valence-corrected chi connectivity index (χ2v) is 4.91. The summed E-state index contributed by atoms with van der Waals surface area (Å²) in [5, 5.41) is 4.39. The van der Waals surface area contributed by atoms with Gasteiger partial charge in [0, 0.05) is 11.1 Å². The first-order valence-electron chi connectivity index (χ1n) is 5.74. The molecule has 0 saturated heterocycles. The molecule has 1 aromatic carbocycles. The number of hydrogen-bond acceptors (Lipinski definition) is 1. The van der Waals surface area contributed by atoms with Crippen LogP contribution in [0.4, 0.5) is 0 Å². The average Bonchev–Trinajstić information content (AvgIpc) is 2.16. The Labute approximate surface area is 96.8 Å². The second-order valence-electron chi connectivity index (χ2n) is 4.48. The summed E-state index contributed by atoms with van der Waals surface area (Å²) >= 11 is 5.86. The summed E-state index contributed by atoms with van der Waals surface area (Å²) in [6.45, 7) is 3.37. The fourth-order valence-electron chi connectivity index (χ4n) is 1.91. The molecule has 1 aliphatic rings. The minimum atomic E-state index is 0.433. The molecular weight excluding hydrogens is 206 g/mol. The fourth-order valence-corrected chi connectivity index (χ4v) is 2.04. The number of hydrogen-bond donors (Lipinski definition) is 1. The molecule has 1 saturated carbocycles. The summed E-state index contributed by atoms with van der Waals surface area (Å²) < 4.78 is 0. The zero-order valence-corrected chi connectivity index (χ0v) is 9.93. The summed E-state index contributed by atoms with van der Waals surface area (Å²) in [7, 11) is 0. The quantitative estimate of drug-likeness (QED) is 0.819. The zero-order chi connectivity index (χ0) is 10.7. The van der Waals surface area contributed by atoms with Gasteiger partial charge in [-0.15, -0.1) is 0 Å². The number of benzene rings is 1. The highest BCUT2D eigenvalue weighted by Crippen LogP contribution is 2.26. The first kappa shape index (κ1) is 11.0. The Bertz CT molecular complexity index is 303. The van der Waals surface area contributed by atoms with Crippen LogP contribution < -0.4 is 5.32 Å². The van der Waals surface area contributed by atoms with E-state index in [2.05, 4.69) is 24.4 Å². The van der Waals surface area contributed by atoms with Crippen molar-refractivity contribution in [1.29, 1.82) is 0 Å². The summed E-state index contributed by atoms with van der Waals surface area (Å²) in [5.74, 6) is 0.916. The molecule has 1 atom stereocenters. The van der Waals surface area contributed by atoms with Crippen molar-refractivity contribution in [3.8, 4) is 0 Å². The molecule has 0 radical (unpaired) electrons. The topological polar surface area (TPSA) is 12.0 Å². The molecule has 1 nitrogen and oxygen atoms in total. The third-order valence-corrected chi connectivity index (χ3v) is 3.56. The molecule has 0 amide bonds. The van der Waals surface area contributed by atoms with Crippen LogP contribution in [0.2, 0.25) is 5.02 Å². The smallest absolute Gasteiger partial charge is 0.0406 e. The van der Waals surface area contributed by atoms with Crippen molar-refractivity contribution in [2.45, 2.75) is 32.2 Å². The fraction of sp³-hybridized carbons (Fsp3) is 0.538. The molecule has 0 bridgehead atoms. The molecule has 15 heavy (non-hydrogen) atoms. The Morgan fingerprint density at radius 2 is 2.00 bits per heavy atom. The Hall–Kier alpha value is -0.530. The monoisotopic (exact) mass is 223 g/mol. The highest BCUT2D eigenvalue weighted by atomic mass is 35.5. The van der Waals surface area contributed by atoms with Gasteiger partial charge >= 0.3 is 0 Å². The van der Waals surface area contributed by atoms with Crippen LogP contribution in [0.25, 0.3) is 0 Å². The lowest BCUT2D eigenvalue weighted by molar-refractivity contribution is 0.292. The van der Waals surface area contributed by atoms with E-state index >= 15 is 0 Å². The molecule has 1 fully saturated rings. The molecule has 2 heteroatoms. The van der Waals surface area contributed by atoms with Gasteiger partial charge in [-0.05, 0) is 49.9 Å². The molecule has 0 aliphatic heterocycles. The van der Waals surface area contributed by atoms with Crippen molar-refractivity contribution < 1.29 is 0 Å². The van der Waals surface area contributed by atoms with Crippen molar-refractivity contribution in [3.05, 3.63) is 34.9 Å². The SMILES string of the molecule is CC(NCC1CCC1)c1ccc(Cl)cc1. The largest absolute Gasteiger partial charge is 0.310 e. The lowest BCUT2D eigenvalue weighted by atomic mass is 9.85. The minimum Gasteiger partial charge on any atom is -0.310 e. The predicted octanol–water partition coefficient (Wildman–Crippen LogP) is 3.79. The lowest BCUT2D eigenvalue weighted by Gasteiger charge is -2.27. The van der Waals surface area contributed by atoms with Gasteiger partial charge in [0.05, 0.1) is 0 Å². The highest BCUT2D eigenvalue weighted by Gasteiger charge is 2.17. The molecule has 0 spiro atoms. The van der Waals surface area contributed by atoms with Gasteiger partial charge in [0.15, 0.2) is 0 Å². The Balaban J connectivity index is 1.83. The van der Waals surface area contributed by atoms with E-state index in [1.807, 2.05) is 12.1 Å². The lowest BCUT2D eigenvalue weighted by Crippen LogP contribution is -2.29. The van der Waals surface area contributed by atoms with Crippen LogP contribution in [-0.2, 0) is 0 Å². The molecule has 0 heterocycles. The van der Waals surface area contributed by atoms with Gasteiger partial charge in [-0.1, -0.05) is 30.2 Å². The van der Waals surface area contributed by atoms with Crippen molar-refractivity contribution in [2.24, 2.45) is 5.92 Å². The molecule has 0 aromatic heterocycles. The van der Waals surface area contributed by atoms with Crippen molar-refractivity contribution in [3.63, 3.8) is 0 Å². The summed E-state index contributed by atoms with van der Waals surface area (Å²) in [6.07, 6.45) is 4.22. The second kappa shape index (κ2) is 5.00. The maximum atomic E-state index is 5.86. The molecule has 82 valence electrons. The molecule has 2 rings (SSSR count). The van der Waals surface area contributed by atoms with E-state index in [1.165, 1.54) is 24.8 Å². The third kappa shape index (κ3) is 2.96. The molecule has 1 N–H and O–H groups in total. The first-order chi connectivity index (χ1) is 7.25. The Kier molecular flexibility index (Phi) is 3.66. The van der Waals surface area contributed by atoms with E-state index in [9.17, 15) is 0 Å². The Morgan fingerprint density at radius 3 is 2.53 bits per heavy atom. The number of nitrogens with one attached hydrogen (secondary N) is 1. The van der Waals surface area contributed by atoms with Crippen molar-refractivity contribution in [1.82, 2.24) is 5.32 Å². The van der Waals surface area contributed by atoms with Crippen LogP contribution >= 0.6 is 11.6 Å².